The van der Waals surface area contributed by atoms with E-state index in [9.17, 15) is 4.79 Å². The van der Waals surface area contributed by atoms with Crippen molar-refractivity contribution in [1.82, 2.24) is 20.5 Å². The van der Waals surface area contributed by atoms with E-state index in [4.69, 9.17) is 4.74 Å². The molecule has 2 aromatic rings. The number of benzene rings is 1. The third-order valence-electron chi connectivity index (χ3n) is 4.66. The largest absolute Gasteiger partial charge is 0.492 e. The molecule has 0 bridgehead atoms. The van der Waals surface area contributed by atoms with E-state index in [2.05, 4.69) is 25.4 Å². The number of anilines is 1. The molecule has 0 radical (unpaired) electrons. The highest BCUT2D eigenvalue weighted by Crippen LogP contribution is 2.17. The molecule has 1 atom stereocenters. The van der Waals surface area contributed by atoms with Gasteiger partial charge in [-0.1, -0.05) is 18.2 Å². The van der Waals surface area contributed by atoms with Gasteiger partial charge in [0, 0.05) is 38.4 Å². The number of pyridine rings is 1. The summed E-state index contributed by atoms with van der Waals surface area (Å²) in [5.41, 5.74) is 1.01. The first-order valence-electron chi connectivity index (χ1n) is 9.67. The molecule has 2 N–H and O–H groups in total. The van der Waals surface area contributed by atoms with Gasteiger partial charge in [0.2, 0.25) is 0 Å². The van der Waals surface area contributed by atoms with Crippen LogP contribution in [0.15, 0.2) is 48.7 Å². The van der Waals surface area contributed by atoms with Gasteiger partial charge < -0.3 is 25.2 Å². The molecule has 3 rings (SSSR count). The van der Waals surface area contributed by atoms with E-state index in [1.54, 1.807) is 6.20 Å². The van der Waals surface area contributed by atoms with E-state index in [-0.39, 0.29) is 12.1 Å². The molecule has 1 fully saturated rings. The van der Waals surface area contributed by atoms with Gasteiger partial charge in [-0.3, -0.25) is 0 Å². The van der Waals surface area contributed by atoms with Crippen LogP contribution >= 0.6 is 0 Å². The van der Waals surface area contributed by atoms with Gasteiger partial charge in [-0.2, -0.15) is 0 Å². The highest BCUT2D eigenvalue weighted by Gasteiger charge is 2.24. The maximum Gasteiger partial charge on any atom is 0.315 e. The van der Waals surface area contributed by atoms with Gasteiger partial charge in [0.05, 0.1) is 0 Å². The number of carbonyl (C=O) groups is 1. The number of hydrogen-bond acceptors (Lipinski definition) is 5. The third-order valence-corrected chi connectivity index (χ3v) is 4.66. The van der Waals surface area contributed by atoms with Crippen LogP contribution in [0.3, 0.4) is 0 Å². The Morgan fingerprint density at radius 3 is 2.96 bits per heavy atom. The number of carbonyl (C=O) groups excluding carboxylic acids is 1. The number of amides is 2. The first kappa shape index (κ1) is 19.9. The normalized spacial score (nSPS) is 16.2. The fourth-order valence-corrected chi connectivity index (χ4v) is 3.14. The minimum absolute atomic E-state index is 0.128. The second-order valence-corrected chi connectivity index (χ2v) is 7.25. The van der Waals surface area contributed by atoms with Crippen LogP contribution in [0.1, 0.15) is 12.0 Å². The summed E-state index contributed by atoms with van der Waals surface area (Å²) in [6, 6.07) is 13.7. The van der Waals surface area contributed by atoms with Crippen LogP contribution in [0.2, 0.25) is 0 Å². The summed E-state index contributed by atoms with van der Waals surface area (Å²) in [6.45, 7) is 3.64. The van der Waals surface area contributed by atoms with Gasteiger partial charge in [-0.15, -0.1) is 0 Å². The molecule has 1 aromatic heterocycles. The maximum absolute atomic E-state index is 12.3. The van der Waals surface area contributed by atoms with Crippen molar-refractivity contribution in [3.05, 3.63) is 54.2 Å². The average Bonchev–Trinajstić information content (AvgIpc) is 3.16. The Morgan fingerprint density at radius 2 is 2.18 bits per heavy atom. The highest BCUT2D eigenvalue weighted by molar-refractivity contribution is 5.74. The highest BCUT2D eigenvalue weighted by atomic mass is 16.5. The molecule has 0 spiro atoms. The van der Waals surface area contributed by atoms with Crippen molar-refractivity contribution in [3.63, 3.8) is 0 Å². The quantitative estimate of drug-likeness (QED) is 0.731. The van der Waals surface area contributed by atoms with Gasteiger partial charge in [-0.05, 0) is 50.3 Å². The summed E-state index contributed by atoms with van der Waals surface area (Å²) in [5.74, 6) is 1.78. The Balaban J connectivity index is 1.41. The molecule has 1 aromatic carbocycles. The molecule has 2 heterocycles. The van der Waals surface area contributed by atoms with E-state index in [1.165, 1.54) is 0 Å². The first-order valence-corrected chi connectivity index (χ1v) is 9.67. The monoisotopic (exact) mass is 383 g/mol. The Bertz CT molecular complexity index is 753. The summed E-state index contributed by atoms with van der Waals surface area (Å²) < 4.78 is 5.74. The lowest BCUT2D eigenvalue weighted by Gasteiger charge is -2.18. The SMILES string of the molecule is CN(C)CCOc1cccc(CNC(=O)NC2CCN(c3ccccn3)C2)c1. The second-order valence-electron chi connectivity index (χ2n) is 7.25. The molecule has 7 nitrogen and oxygen atoms in total. The van der Waals surface area contributed by atoms with Crippen molar-refractivity contribution in [1.29, 1.82) is 0 Å². The Kier molecular flexibility index (Phi) is 7.08. The molecule has 1 saturated heterocycles. The van der Waals surface area contributed by atoms with E-state index in [1.807, 2.05) is 56.6 Å². The zero-order chi connectivity index (χ0) is 19.8. The minimum atomic E-state index is -0.146. The molecule has 1 unspecified atom stereocenters. The van der Waals surface area contributed by atoms with Gasteiger partial charge in [-0.25, -0.2) is 9.78 Å². The second kappa shape index (κ2) is 9.94. The van der Waals surface area contributed by atoms with Gasteiger partial charge in [0.25, 0.3) is 0 Å². The number of likely N-dealkylation sites (N-methyl/N-ethyl adjacent to an activating group) is 1. The summed E-state index contributed by atoms with van der Waals surface area (Å²) in [7, 11) is 4.03. The van der Waals surface area contributed by atoms with Crippen molar-refractivity contribution < 1.29 is 9.53 Å². The summed E-state index contributed by atoms with van der Waals surface area (Å²) >= 11 is 0. The Labute approximate surface area is 166 Å². The number of nitrogens with one attached hydrogen (secondary N) is 2. The third kappa shape index (κ3) is 6.13. The molecule has 0 aliphatic carbocycles. The number of ether oxygens (including phenoxy) is 1. The van der Waals surface area contributed by atoms with Crippen LogP contribution < -0.4 is 20.3 Å². The van der Waals surface area contributed by atoms with Crippen LogP contribution in [-0.2, 0) is 6.54 Å². The van der Waals surface area contributed by atoms with Gasteiger partial charge >= 0.3 is 6.03 Å². The minimum Gasteiger partial charge on any atom is -0.492 e. The Morgan fingerprint density at radius 1 is 1.29 bits per heavy atom. The summed E-state index contributed by atoms with van der Waals surface area (Å²) in [5, 5.41) is 5.99. The van der Waals surface area contributed by atoms with Gasteiger partial charge in [0.1, 0.15) is 18.2 Å². The molecule has 150 valence electrons. The summed E-state index contributed by atoms with van der Waals surface area (Å²) in [6.07, 6.45) is 2.71. The van der Waals surface area contributed by atoms with Crippen LogP contribution in [0.5, 0.6) is 5.75 Å². The number of rotatable bonds is 8. The van der Waals surface area contributed by atoms with Crippen molar-refractivity contribution in [3.8, 4) is 5.75 Å². The van der Waals surface area contributed by atoms with E-state index < -0.39 is 0 Å². The average molecular weight is 383 g/mol. The van der Waals surface area contributed by atoms with E-state index >= 15 is 0 Å². The van der Waals surface area contributed by atoms with Crippen LogP contribution in [0.4, 0.5) is 10.6 Å². The molecule has 2 amide bonds. The standard InChI is InChI=1S/C21H29N5O2/c1-25(2)12-13-28-19-7-5-6-17(14-19)15-23-21(27)24-18-9-11-26(16-18)20-8-3-4-10-22-20/h3-8,10,14,18H,9,11-13,15-16H2,1-2H3,(H2,23,24,27). The zero-order valence-electron chi connectivity index (χ0n) is 16.6. The number of aromatic nitrogens is 1. The van der Waals surface area contributed by atoms with Crippen LogP contribution in [-0.4, -0.2) is 62.3 Å². The molecule has 0 saturated carbocycles. The van der Waals surface area contributed by atoms with Crippen LogP contribution in [0.25, 0.3) is 0 Å². The fourth-order valence-electron chi connectivity index (χ4n) is 3.14. The topological polar surface area (TPSA) is 69.7 Å². The molecule has 28 heavy (non-hydrogen) atoms. The van der Waals surface area contributed by atoms with Crippen molar-refractivity contribution in [2.45, 2.75) is 19.0 Å². The number of nitrogens with zero attached hydrogens (tertiary/aromatic N) is 3. The van der Waals surface area contributed by atoms with Crippen molar-refractivity contribution in [2.24, 2.45) is 0 Å². The molecule has 1 aliphatic heterocycles. The molecule has 7 heteroatoms. The van der Waals surface area contributed by atoms with Gasteiger partial charge in [0.15, 0.2) is 0 Å². The van der Waals surface area contributed by atoms with E-state index in [0.717, 1.165) is 43.2 Å². The predicted molar refractivity (Wildman–Crippen MR) is 111 cm³/mol. The van der Waals surface area contributed by atoms with Crippen molar-refractivity contribution >= 4 is 11.8 Å². The van der Waals surface area contributed by atoms with Crippen LogP contribution in [0, 0.1) is 0 Å². The van der Waals surface area contributed by atoms with Crippen molar-refractivity contribution in [2.75, 3.05) is 45.2 Å². The molecule has 1 aliphatic rings. The lowest BCUT2D eigenvalue weighted by molar-refractivity contribution is 0.237. The maximum atomic E-state index is 12.3. The predicted octanol–water partition coefficient (Wildman–Crippen LogP) is 2.10. The fraction of sp³-hybridized carbons (Fsp3) is 0.429. The number of hydrogen-bond donors (Lipinski definition) is 2. The molecular formula is C21H29N5O2. The zero-order valence-corrected chi connectivity index (χ0v) is 16.6. The Hall–Kier alpha value is -2.80. The molecular weight excluding hydrogens is 354 g/mol. The van der Waals surface area contributed by atoms with E-state index in [0.29, 0.717) is 13.2 Å². The number of urea groups is 1. The first-order chi connectivity index (χ1) is 13.6. The summed E-state index contributed by atoms with van der Waals surface area (Å²) in [4.78, 5) is 20.9. The smallest absolute Gasteiger partial charge is 0.315 e. The lowest BCUT2D eigenvalue weighted by Crippen LogP contribution is -2.43. The lowest BCUT2D eigenvalue weighted by atomic mass is 10.2.